The van der Waals surface area contributed by atoms with E-state index in [0.29, 0.717) is 0 Å². The molecular weight excluding hydrogens is 332 g/mol. The summed E-state index contributed by atoms with van der Waals surface area (Å²) in [5, 5.41) is 3.39. The molecule has 1 aromatic heterocycles. The first-order valence-corrected chi connectivity index (χ1v) is 7.45. The van der Waals surface area contributed by atoms with E-state index in [4.69, 9.17) is 9.47 Å². The maximum Gasteiger partial charge on any atom is 0.161 e. The Labute approximate surface area is 133 Å². The van der Waals surface area contributed by atoms with E-state index in [2.05, 4.69) is 33.2 Å². The lowest BCUT2D eigenvalue weighted by molar-refractivity contribution is 0.354. The highest BCUT2D eigenvalue weighted by molar-refractivity contribution is 9.10. The molecule has 0 radical (unpaired) electrons. The summed E-state index contributed by atoms with van der Waals surface area (Å²) < 4.78 is 11.6. The molecule has 1 atom stereocenters. The van der Waals surface area contributed by atoms with Crippen molar-refractivity contribution in [2.75, 3.05) is 19.5 Å². The highest BCUT2D eigenvalue weighted by atomic mass is 79.9. The van der Waals surface area contributed by atoms with E-state index in [0.717, 1.165) is 32.9 Å². The van der Waals surface area contributed by atoms with E-state index in [1.54, 1.807) is 20.4 Å². The molecule has 4 nitrogen and oxygen atoms in total. The van der Waals surface area contributed by atoms with E-state index in [1.165, 1.54) is 0 Å². The normalized spacial score (nSPS) is 11.9. The van der Waals surface area contributed by atoms with Gasteiger partial charge in [0.1, 0.15) is 5.82 Å². The molecule has 0 amide bonds. The molecule has 0 aliphatic carbocycles. The molecule has 112 valence electrons. The lowest BCUT2D eigenvalue weighted by Crippen LogP contribution is -2.08. The summed E-state index contributed by atoms with van der Waals surface area (Å²) in [7, 11) is 3.27. The zero-order chi connectivity index (χ0) is 15.4. The van der Waals surface area contributed by atoms with Gasteiger partial charge >= 0.3 is 0 Å². The van der Waals surface area contributed by atoms with Crippen LogP contribution in [-0.4, -0.2) is 19.2 Å². The molecule has 5 heteroatoms. The number of halogens is 1. The average Bonchev–Trinajstić information content (AvgIpc) is 2.50. The largest absolute Gasteiger partial charge is 0.493 e. The molecule has 1 N–H and O–H groups in total. The minimum absolute atomic E-state index is 0.109. The summed E-state index contributed by atoms with van der Waals surface area (Å²) in [5.74, 6) is 2.30. The summed E-state index contributed by atoms with van der Waals surface area (Å²) in [6, 6.07) is 8.03. The topological polar surface area (TPSA) is 43.4 Å². The van der Waals surface area contributed by atoms with Gasteiger partial charge in [0, 0.05) is 10.7 Å². The summed E-state index contributed by atoms with van der Waals surface area (Å²) in [5.41, 5.74) is 2.25. The molecule has 0 bridgehead atoms. The maximum atomic E-state index is 5.34. The third kappa shape index (κ3) is 3.67. The fraction of sp³-hybridized carbons (Fsp3) is 0.312. The number of methoxy groups -OCH3 is 2. The lowest BCUT2D eigenvalue weighted by Gasteiger charge is -2.17. The van der Waals surface area contributed by atoms with Crippen molar-refractivity contribution in [3.63, 3.8) is 0 Å². The Morgan fingerprint density at radius 3 is 2.48 bits per heavy atom. The number of aryl methyl sites for hydroxylation is 1. The van der Waals surface area contributed by atoms with Gasteiger partial charge in [0.25, 0.3) is 0 Å². The first-order chi connectivity index (χ1) is 10.0. The predicted molar refractivity (Wildman–Crippen MR) is 88.3 cm³/mol. The van der Waals surface area contributed by atoms with Crippen molar-refractivity contribution < 1.29 is 9.47 Å². The number of nitrogens with zero attached hydrogens (tertiary/aromatic N) is 1. The molecular formula is C16H19BrN2O2. The second-order valence-corrected chi connectivity index (χ2v) is 5.65. The Morgan fingerprint density at radius 1 is 1.14 bits per heavy atom. The number of hydrogen-bond donors (Lipinski definition) is 1. The average molecular weight is 351 g/mol. The van der Waals surface area contributed by atoms with Gasteiger partial charge in [-0.25, -0.2) is 4.98 Å². The van der Waals surface area contributed by atoms with Crippen LogP contribution in [0.1, 0.15) is 24.1 Å². The van der Waals surface area contributed by atoms with Gasteiger partial charge in [0.15, 0.2) is 11.5 Å². The fourth-order valence-corrected chi connectivity index (χ4v) is 2.26. The molecule has 1 heterocycles. The highest BCUT2D eigenvalue weighted by Crippen LogP contribution is 2.31. The summed E-state index contributed by atoms with van der Waals surface area (Å²) in [6.07, 6.45) is 1.80. The van der Waals surface area contributed by atoms with Crippen LogP contribution in [0.25, 0.3) is 0 Å². The standard InChI is InChI=1S/C16H19BrN2O2/c1-10-7-16(18-9-13(10)17)19-11(2)12-5-6-14(20-3)15(8-12)21-4/h5-9,11H,1-4H3,(H,18,19). The first kappa shape index (κ1) is 15.6. The Bertz CT molecular complexity index is 632. The van der Waals surface area contributed by atoms with Gasteiger partial charge < -0.3 is 14.8 Å². The molecule has 0 aliphatic rings. The van der Waals surface area contributed by atoms with E-state index < -0.39 is 0 Å². The Kier molecular flexibility index (Phi) is 5.07. The molecule has 21 heavy (non-hydrogen) atoms. The third-order valence-corrected chi connectivity index (χ3v) is 4.15. The molecule has 0 saturated heterocycles. The van der Waals surface area contributed by atoms with E-state index in [1.807, 2.05) is 31.2 Å². The van der Waals surface area contributed by atoms with Gasteiger partial charge in [0.2, 0.25) is 0 Å². The molecule has 2 rings (SSSR count). The van der Waals surface area contributed by atoms with Crippen molar-refractivity contribution >= 4 is 21.7 Å². The molecule has 0 aliphatic heterocycles. The van der Waals surface area contributed by atoms with Crippen molar-refractivity contribution in [1.29, 1.82) is 0 Å². The number of aromatic nitrogens is 1. The van der Waals surface area contributed by atoms with Crippen LogP contribution in [0.4, 0.5) is 5.82 Å². The van der Waals surface area contributed by atoms with E-state index in [-0.39, 0.29) is 6.04 Å². The van der Waals surface area contributed by atoms with Gasteiger partial charge in [0.05, 0.1) is 20.3 Å². The molecule has 1 aromatic carbocycles. The molecule has 0 fully saturated rings. The predicted octanol–water partition coefficient (Wildman–Crippen LogP) is 4.34. The zero-order valence-corrected chi connectivity index (χ0v) is 14.2. The number of ether oxygens (including phenoxy) is 2. The minimum Gasteiger partial charge on any atom is -0.493 e. The smallest absolute Gasteiger partial charge is 0.161 e. The maximum absolute atomic E-state index is 5.34. The number of nitrogens with one attached hydrogen (secondary N) is 1. The van der Waals surface area contributed by atoms with Crippen LogP contribution in [-0.2, 0) is 0 Å². The van der Waals surface area contributed by atoms with Crippen molar-refractivity contribution in [1.82, 2.24) is 4.98 Å². The van der Waals surface area contributed by atoms with Crippen LogP contribution in [0.2, 0.25) is 0 Å². The Hall–Kier alpha value is -1.75. The quantitative estimate of drug-likeness (QED) is 0.870. The number of hydrogen-bond acceptors (Lipinski definition) is 4. The van der Waals surface area contributed by atoms with Crippen molar-refractivity contribution in [2.45, 2.75) is 19.9 Å². The molecule has 0 saturated carbocycles. The molecule has 0 spiro atoms. The van der Waals surface area contributed by atoms with Crippen molar-refractivity contribution in [3.8, 4) is 11.5 Å². The summed E-state index contributed by atoms with van der Waals surface area (Å²) in [6.45, 7) is 4.12. The Morgan fingerprint density at radius 2 is 1.86 bits per heavy atom. The van der Waals surface area contributed by atoms with E-state index >= 15 is 0 Å². The van der Waals surface area contributed by atoms with Gasteiger partial charge in [-0.2, -0.15) is 0 Å². The fourth-order valence-electron chi connectivity index (χ4n) is 2.05. The lowest BCUT2D eigenvalue weighted by atomic mass is 10.1. The van der Waals surface area contributed by atoms with Gasteiger partial charge in [-0.05, 0) is 59.1 Å². The molecule has 1 unspecified atom stereocenters. The van der Waals surface area contributed by atoms with Gasteiger partial charge in [-0.3, -0.25) is 0 Å². The van der Waals surface area contributed by atoms with Crippen molar-refractivity contribution in [2.24, 2.45) is 0 Å². The SMILES string of the molecule is COc1ccc(C(C)Nc2cc(C)c(Br)cn2)cc1OC. The summed E-state index contributed by atoms with van der Waals surface area (Å²) in [4.78, 5) is 4.37. The van der Waals surface area contributed by atoms with Gasteiger partial charge in [-0.15, -0.1) is 0 Å². The number of benzene rings is 1. The highest BCUT2D eigenvalue weighted by Gasteiger charge is 2.11. The third-order valence-electron chi connectivity index (χ3n) is 3.32. The van der Waals surface area contributed by atoms with E-state index in [9.17, 15) is 0 Å². The van der Waals surface area contributed by atoms with Crippen LogP contribution in [0.5, 0.6) is 11.5 Å². The van der Waals surface area contributed by atoms with Crippen LogP contribution < -0.4 is 14.8 Å². The number of rotatable bonds is 5. The second-order valence-electron chi connectivity index (χ2n) is 4.80. The van der Waals surface area contributed by atoms with Crippen molar-refractivity contribution in [3.05, 3.63) is 46.1 Å². The van der Waals surface area contributed by atoms with Gasteiger partial charge in [-0.1, -0.05) is 6.07 Å². The van der Waals surface area contributed by atoms with Crippen LogP contribution in [0.3, 0.4) is 0 Å². The number of anilines is 1. The second kappa shape index (κ2) is 6.80. The summed E-state index contributed by atoms with van der Waals surface area (Å²) >= 11 is 3.45. The number of pyridine rings is 1. The molecule has 2 aromatic rings. The van der Waals surface area contributed by atoms with Crippen LogP contribution >= 0.6 is 15.9 Å². The van der Waals surface area contributed by atoms with Crippen LogP contribution in [0, 0.1) is 6.92 Å². The zero-order valence-electron chi connectivity index (χ0n) is 12.6. The monoisotopic (exact) mass is 350 g/mol. The van der Waals surface area contributed by atoms with Crippen LogP contribution in [0.15, 0.2) is 34.9 Å². The first-order valence-electron chi connectivity index (χ1n) is 6.65. The minimum atomic E-state index is 0.109. The Balaban J connectivity index is 2.19.